The molecule has 1 fully saturated rings. The number of aliphatic hydroxyl groups excluding tert-OH is 1. The molecule has 0 saturated carbocycles. The molecule has 1 N–H and O–H groups in total. The molecule has 5 nitrogen and oxygen atoms in total. The highest BCUT2D eigenvalue weighted by Crippen LogP contribution is 2.23. The van der Waals surface area contributed by atoms with Crippen LogP contribution in [-0.2, 0) is 10.0 Å². The number of piperidine rings is 1. The lowest BCUT2D eigenvalue weighted by molar-refractivity contribution is 0.0603. The lowest BCUT2D eigenvalue weighted by Gasteiger charge is -2.33. The topological polar surface area (TPSA) is 70.5 Å². The van der Waals surface area contributed by atoms with Gasteiger partial charge in [-0.25, -0.2) is 17.8 Å². The number of hydrogen-bond acceptors (Lipinski definition) is 4. The lowest BCUT2D eigenvalue weighted by atomic mass is 9.98. The van der Waals surface area contributed by atoms with E-state index in [9.17, 15) is 17.9 Å². The first-order valence-corrected chi connectivity index (χ1v) is 7.15. The minimum absolute atomic E-state index is 0.0144. The summed E-state index contributed by atoms with van der Waals surface area (Å²) in [5.74, 6) is -0.823. The second-order valence-corrected chi connectivity index (χ2v) is 6.34. The van der Waals surface area contributed by atoms with Crippen LogP contribution in [0, 0.1) is 11.7 Å². The van der Waals surface area contributed by atoms with Crippen LogP contribution in [0.3, 0.4) is 0 Å². The van der Waals surface area contributed by atoms with Crippen LogP contribution < -0.4 is 0 Å². The number of β-amino-alcohol motifs (C(OH)–C–C–N with tert-alkyl or cyclic N) is 1. The van der Waals surface area contributed by atoms with Gasteiger partial charge in [0, 0.05) is 19.3 Å². The summed E-state index contributed by atoms with van der Waals surface area (Å²) in [6.07, 6.45) is 1.06. The van der Waals surface area contributed by atoms with Crippen molar-refractivity contribution in [1.29, 1.82) is 0 Å². The van der Waals surface area contributed by atoms with Crippen LogP contribution in [0.4, 0.5) is 4.39 Å². The highest BCUT2D eigenvalue weighted by molar-refractivity contribution is 7.89. The molecular weight excluding hydrogens is 259 g/mol. The summed E-state index contributed by atoms with van der Waals surface area (Å²) < 4.78 is 38.9. The van der Waals surface area contributed by atoms with Crippen molar-refractivity contribution in [3.05, 3.63) is 24.1 Å². The van der Waals surface area contributed by atoms with E-state index in [0.29, 0.717) is 6.42 Å². The largest absolute Gasteiger partial charge is 0.391 e. The SMILES string of the molecule is CC1CCN(S(=O)(=O)c2ncccc2F)CC1O. The summed E-state index contributed by atoms with van der Waals surface area (Å²) in [4.78, 5) is 3.58. The molecule has 1 aliphatic rings. The number of nitrogens with zero attached hydrogens (tertiary/aromatic N) is 2. The molecule has 100 valence electrons. The van der Waals surface area contributed by atoms with Crippen molar-refractivity contribution in [1.82, 2.24) is 9.29 Å². The first-order valence-electron chi connectivity index (χ1n) is 5.71. The molecule has 0 aromatic carbocycles. The van der Waals surface area contributed by atoms with Gasteiger partial charge in [-0.2, -0.15) is 4.31 Å². The second kappa shape index (κ2) is 4.91. The minimum Gasteiger partial charge on any atom is -0.391 e. The van der Waals surface area contributed by atoms with Gasteiger partial charge in [0.1, 0.15) is 0 Å². The Labute approximate surface area is 105 Å². The van der Waals surface area contributed by atoms with E-state index in [0.717, 1.165) is 10.4 Å². The molecule has 1 aliphatic heterocycles. The fourth-order valence-corrected chi connectivity index (χ4v) is 3.37. The van der Waals surface area contributed by atoms with Gasteiger partial charge < -0.3 is 5.11 Å². The average Bonchev–Trinajstić information content (AvgIpc) is 2.33. The van der Waals surface area contributed by atoms with Crippen molar-refractivity contribution in [2.45, 2.75) is 24.5 Å². The molecule has 0 radical (unpaired) electrons. The zero-order chi connectivity index (χ0) is 13.3. The summed E-state index contributed by atoms with van der Waals surface area (Å²) in [6.45, 7) is 2.12. The number of aromatic nitrogens is 1. The highest BCUT2D eigenvalue weighted by Gasteiger charge is 2.34. The smallest absolute Gasteiger partial charge is 0.263 e. The first-order chi connectivity index (χ1) is 8.43. The first kappa shape index (κ1) is 13.4. The van der Waals surface area contributed by atoms with E-state index in [1.165, 1.54) is 12.3 Å². The van der Waals surface area contributed by atoms with Gasteiger partial charge in [0.2, 0.25) is 5.03 Å². The molecule has 0 aliphatic carbocycles. The monoisotopic (exact) mass is 274 g/mol. The Morgan fingerprint density at radius 1 is 1.56 bits per heavy atom. The maximum atomic E-state index is 13.5. The number of pyridine rings is 1. The molecule has 7 heteroatoms. The summed E-state index contributed by atoms with van der Waals surface area (Å²) >= 11 is 0. The Morgan fingerprint density at radius 3 is 2.89 bits per heavy atom. The Morgan fingerprint density at radius 2 is 2.28 bits per heavy atom. The highest BCUT2D eigenvalue weighted by atomic mass is 32.2. The molecule has 0 amide bonds. The minimum atomic E-state index is -3.96. The van der Waals surface area contributed by atoms with Crippen LogP contribution in [0.15, 0.2) is 23.4 Å². The maximum Gasteiger partial charge on any atom is 0.263 e. The molecular formula is C11H15FN2O3S. The lowest BCUT2D eigenvalue weighted by Crippen LogP contribution is -2.46. The van der Waals surface area contributed by atoms with Crippen LogP contribution in [-0.4, -0.2) is 42.0 Å². The van der Waals surface area contributed by atoms with Crippen molar-refractivity contribution < 1.29 is 17.9 Å². The van der Waals surface area contributed by atoms with Gasteiger partial charge in [0.05, 0.1) is 6.10 Å². The molecule has 2 unspecified atom stereocenters. The van der Waals surface area contributed by atoms with Crippen LogP contribution >= 0.6 is 0 Å². The van der Waals surface area contributed by atoms with Gasteiger partial charge in [-0.05, 0) is 24.5 Å². The summed E-state index contributed by atoms with van der Waals surface area (Å²) in [5.41, 5.74) is 0. The molecule has 0 bridgehead atoms. The van der Waals surface area contributed by atoms with E-state index in [-0.39, 0.29) is 19.0 Å². The third-order valence-electron chi connectivity index (χ3n) is 3.19. The number of halogens is 1. The van der Waals surface area contributed by atoms with E-state index in [4.69, 9.17) is 0 Å². The molecule has 18 heavy (non-hydrogen) atoms. The van der Waals surface area contributed by atoms with Gasteiger partial charge in [-0.15, -0.1) is 0 Å². The molecule has 2 heterocycles. The fourth-order valence-electron chi connectivity index (χ4n) is 1.92. The third kappa shape index (κ3) is 2.38. The number of rotatable bonds is 2. The van der Waals surface area contributed by atoms with E-state index < -0.39 is 27.0 Å². The molecule has 1 aromatic rings. The number of sulfonamides is 1. The van der Waals surface area contributed by atoms with Crippen molar-refractivity contribution in [2.24, 2.45) is 5.92 Å². The predicted molar refractivity (Wildman–Crippen MR) is 62.7 cm³/mol. The Hall–Kier alpha value is -1.05. The quantitative estimate of drug-likeness (QED) is 0.858. The van der Waals surface area contributed by atoms with Gasteiger partial charge in [0.25, 0.3) is 10.0 Å². The van der Waals surface area contributed by atoms with Gasteiger partial charge in [0.15, 0.2) is 5.82 Å². The van der Waals surface area contributed by atoms with Gasteiger partial charge in [-0.3, -0.25) is 0 Å². The zero-order valence-corrected chi connectivity index (χ0v) is 10.8. The average molecular weight is 274 g/mol. The molecule has 2 rings (SSSR count). The molecule has 1 aromatic heterocycles. The molecule has 2 atom stereocenters. The third-order valence-corrected chi connectivity index (χ3v) is 4.99. The number of aliphatic hydroxyl groups is 1. The fraction of sp³-hybridized carbons (Fsp3) is 0.545. The van der Waals surface area contributed by atoms with Crippen LogP contribution in [0.5, 0.6) is 0 Å². The van der Waals surface area contributed by atoms with Crippen LogP contribution in [0.1, 0.15) is 13.3 Å². The van der Waals surface area contributed by atoms with Crippen molar-refractivity contribution in [2.75, 3.05) is 13.1 Å². The zero-order valence-electron chi connectivity index (χ0n) is 9.95. The molecule has 1 saturated heterocycles. The standard InChI is InChI=1S/C11H15FN2O3S/c1-8-4-6-14(7-10(8)15)18(16,17)11-9(12)3-2-5-13-11/h2-3,5,8,10,15H,4,6-7H2,1H3. The van der Waals surface area contributed by atoms with E-state index in [2.05, 4.69) is 4.98 Å². The Bertz CT molecular complexity index is 535. The molecule has 0 spiro atoms. The van der Waals surface area contributed by atoms with Crippen molar-refractivity contribution in [3.63, 3.8) is 0 Å². The van der Waals surface area contributed by atoms with E-state index in [1.54, 1.807) is 0 Å². The summed E-state index contributed by atoms with van der Waals surface area (Å²) in [6, 6.07) is 2.39. The van der Waals surface area contributed by atoms with Gasteiger partial charge in [-0.1, -0.05) is 6.92 Å². The van der Waals surface area contributed by atoms with Gasteiger partial charge >= 0.3 is 0 Å². The normalized spacial score (nSPS) is 26.2. The Kier molecular flexibility index (Phi) is 3.65. The maximum absolute atomic E-state index is 13.5. The predicted octanol–water partition coefficient (Wildman–Crippen LogP) is 0.612. The van der Waals surface area contributed by atoms with Crippen molar-refractivity contribution >= 4 is 10.0 Å². The Balaban J connectivity index is 2.30. The van der Waals surface area contributed by atoms with Crippen LogP contribution in [0.25, 0.3) is 0 Å². The van der Waals surface area contributed by atoms with Crippen molar-refractivity contribution in [3.8, 4) is 0 Å². The number of hydrogen-bond donors (Lipinski definition) is 1. The van der Waals surface area contributed by atoms with E-state index in [1.807, 2.05) is 6.92 Å². The second-order valence-electron chi connectivity index (χ2n) is 4.49. The summed E-state index contributed by atoms with van der Waals surface area (Å²) in [7, 11) is -3.96. The summed E-state index contributed by atoms with van der Waals surface area (Å²) in [5, 5.41) is 9.13. The van der Waals surface area contributed by atoms with E-state index >= 15 is 0 Å². The van der Waals surface area contributed by atoms with Crippen LogP contribution in [0.2, 0.25) is 0 Å².